The summed E-state index contributed by atoms with van der Waals surface area (Å²) < 4.78 is 2.10. The fourth-order valence-electron chi connectivity index (χ4n) is 1.85. The lowest BCUT2D eigenvalue weighted by Gasteiger charge is -2.15. The summed E-state index contributed by atoms with van der Waals surface area (Å²) in [5, 5.41) is 0. The molecule has 1 aromatic heterocycles. The van der Waals surface area contributed by atoms with Crippen molar-refractivity contribution in [3.63, 3.8) is 0 Å². The number of hydrogen-bond acceptors (Lipinski definition) is 2. The lowest BCUT2D eigenvalue weighted by molar-refractivity contribution is 0.0967. The Morgan fingerprint density at radius 3 is 2.92 bits per heavy atom. The average Bonchev–Trinajstić information content (AvgIpc) is 2.48. The highest BCUT2D eigenvalue weighted by Gasteiger charge is 2.22. The summed E-state index contributed by atoms with van der Waals surface area (Å²) in [7, 11) is 0. The van der Waals surface area contributed by atoms with E-state index in [1.165, 1.54) is 0 Å². The van der Waals surface area contributed by atoms with Gasteiger partial charge in [-0.3, -0.25) is 4.79 Å². The van der Waals surface area contributed by atoms with Crippen LogP contribution < -0.4 is 0 Å². The van der Waals surface area contributed by atoms with Crippen molar-refractivity contribution in [2.75, 3.05) is 0 Å². The van der Waals surface area contributed by atoms with Crippen molar-refractivity contribution in [3.8, 4) is 0 Å². The van der Waals surface area contributed by atoms with Crippen LogP contribution in [0.1, 0.15) is 48.9 Å². The summed E-state index contributed by atoms with van der Waals surface area (Å²) in [5.74, 6) is 0.209. The second-order valence-corrected chi connectivity index (χ2v) is 3.82. The van der Waals surface area contributed by atoms with Crippen LogP contribution in [0.25, 0.3) is 0 Å². The van der Waals surface area contributed by atoms with Crippen molar-refractivity contribution in [2.45, 2.75) is 39.2 Å². The van der Waals surface area contributed by atoms with E-state index >= 15 is 0 Å². The number of aromatic nitrogens is 2. The third-order valence-electron chi connectivity index (χ3n) is 2.53. The molecule has 0 saturated carbocycles. The summed E-state index contributed by atoms with van der Waals surface area (Å²) in [6.45, 7) is 4.22. The van der Waals surface area contributed by atoms with Gasteiger partial charge in [0.1, 0.15) is 5.69 Å². The van der Waals surface area contributed by atoms with Gasteiger partial charge in [0.15, 0.2) is 5.78 Å². The molecule has 70 valence electrons. The van der Waals surface area contributed by atoms with Crippen molar-refractivity contribution >= 4 is 5.78 Å². The monoisotopic (exact) mass is 178 g/mol. The van der Waals surface area contributed by atoms with Gasteiger partial charge < -0.3 is 4.57 Å². The molecular weight excluding hydrogens is 164 g/mol. The topological polar surface area (TPSA) is 34.9 Å². The molecule has 1 aromatic rings. The summed E-state index contributed by atoms with van der Waals surface area (Å²) >= 11 is 0. The van der Waals surface area contributed by atoms with E-state index in [4.69, 9.17) is 0 Å². The number of carbonyl (C=O) groups excluding carboxylic acids is 1. The van der Waals surface area contributed by atoms with E-state index in [1.807, 2.05) is 0 Å². The molecule has 0 saturated heterocycles. The molecule has 0 fully saturated rings. The highest BCUT2D eigenvalue weighted by atomic mass is 16.1. The molecule has 1 aliphatic rings. The molecule has 13 heavy (non-hydrogen) atoms. The van der Waals surface area contributed by atoms with Crippen LogP contribution in [0.2, 0.25) is 0 Å². The number of rotatable bonds is 1. The Bertz CT molecular complexity index is 339. The minimum absolute atomic E-state index is 0.209. The number of ketones is 1. The zero-order valence-electron chi connectivity index (χ0n) is 8.08. The lowest BCUT2D eigenvalue weighted by atomic mass is 9.99. The van der Waals surface area contributed by atoms with Crippen molar-refractivity contribution in [1.82, 2.24) is 9.55 Å². The van der Waals surface area contributed by atoms with Gasteiger partial charge in [0.05, 0.1) is 6.33 Å². The van der Waals surface area contributed by atoms with Crippen LogP contribution in [0.5, 0.6) is 0 Å². The Labute approximate surface area is 77.8 Å². The van der Waals surface area contributed by atoms with Crippen molar-refractivity contribution < 1.29 is 4.79 Å². The molecule has 1 aliphatic carbocycles. The molecular formula is C10H14N2O. The first-order valence-electron chi connectivity index (χ1n) is 4.79. The van der Waals surface area contributed by atoms with Crippen LogP contribution in [0.3, 0.4) is 0 Å². The van der Waals surface area contributed by atoms with E-state index in [2.05, 4.69) is 23.4 Å². The largest absolute Gasteiger partial charge is 0.331 e. The van der Waals surface area contributed by atoms with Gasteiger partial charge in [-0.25, -0.2) is 4.98 Å². The van der Waals surface area contributed by atoms with Crippen molar-refractivity contribution in [1.29, 1.82) is 0 Å². The third-order valence-corrected chi connectivity index (χ3v) is 2.53. The summed E-state index contributed by atoms with van der Waals surface area (Å²) in [6.07, 6.45) is 4.43. The molecule has 0 amide bonds. The van der Waals surface area contributed by atoms with Crippen molar-refractivity contribution in [2.24, 2.45) is 0 Å². The Morgan fingerprint density at radius 2 is 2.23 bits per heavy atom. The standard InChI is InChI=1S/C10H14N2O/c1-7(2)12-6-11-10-8(12)4-3-5-9(10)13/h6-7H,3-5H2,1-2H3. The van der Waals surface area contributed by atoms with Gasteiger partial charge in [0.25, 0.3) is 0 Å². The van der Waals surface area contributed by atoms with Crippen LogP contribution in [-0.4, -0.2) is 15.3 Å². The molecule has 0 spiro atoms. The normalized spacial score (nSPS) is 16.4. The molecule has 0 aromatic carbocycles. The first-order valence-corrected chi connectivity index (χ1v) is 4.79. The molecule has 3 nitrogen and oxygen atoms in total. The molecule has 1 heterocycles. The van der Waals surface area contributed by atoms with Gasteiger partial charge in [-0.15, -0.1) is 0 Å². The maximum Gasteiger partial charge on any atom is 0.183 e. The number of nitrogens with zero attached hydrogens (tertiary/aromatic N) is 2. The van der Waals surface area contributed by atoms with Crippen LogP contribution in [0.4, 0.5) is 0 Å². The Morgan fingerprint density at radius 1 is 1.46 bits per heavy atom. The molecule has 0 aliphatic heterocycles. The van der Waals surface area contributed by atoms with E-state index in [0.29, 0.717) is 18.2 Å². The number of fused-ring (bicyclic) bond motifs is 1. The molecule has 0 radical (unpaired) electrons. The highest BCUT2D eigenvalue weighted by molar-refractivity contribution is 5.96. The number of Topliss-reactive ketones (excluding diaryl/α,β-unsaturated/α-hetero) is 1. The second-order valence-electron chi connectivity index (χ2n) is 3.82. The molecule has 0 N–H and O–H groups in total. The molecule has 0 bridgehead atoms. The van der Waals surface area contributed by atoms with Crippen LogP contribution in [-0.2, 0) is 6.42 Å². The van der Waals surface area contributed by atoms with Gasteiger partial charge >= 0.3 is 0 Å². The Kier molecular flexibility index (Phi) is 1.94. The number of imidazole rings is 1. The maximum atomic E-state index is 11.4. The maximum absolute atomic E-state index is 11.4. The second kappa shape index (κ2) is 2.98. The van der Waals surface area contributed by atoms with E-state index in [-0.39, 0.29) is 5.78 Å². The van der Waals surface area contributed by atoms with E-state index in [0.717, 1.165) is 18.5 Å². The molecule has 0 unspecified atom stereocenters. The van der Waals surface area contributed by atoms with Gasteiger partial charge in [0.2, 0.25) is 0 Å². The first-order chi connectivity index (χ1) is 6.20. The van der Waals surface area contributed by atoms with Crippen LogP contribution >= 0.6 is 0 Å². The van der Waals surface area contributed by atoms with Crippen LogP contribution in [0.15, 0.2) is 6.33 Å². The predicted octanol–water partition coefficient (Wildman–Crippen LogP) is 1.98. The van der Waals surface area contributed by atoms with Gasteiger partial charge in [-0.05, 0) is 26.7 Å². The third kappa shape index (κ3) is 1.28. The minimum Gasteiger partial charge on any atom is -0.331 e. The minimum atomic E-state index is 0.209. The van der Waals surface area contributed by atoms with E-state index < -0.39 is 0 Å². The summed E-state index contributed by atoms with van der Waals surface area (Å²) in [5.41, 5.74) is 1.84. The summed E-state index contributed by atoms with van der Waals surface area (Å²) in [6, 6.07) is 0.405. The molecule has 3 heteroatoms. The zero-order valence-corrected chi connectivity index (χ0v) is 8.08. The van der Waals surface area contributed by atoms with Gasteiger partial charge in [-0.1, -0.05) is 0 Å². The number of carbonyl (C=O) groups is 1. The van der Waals surface area contributed by atoms with Gasteiger partial charge in [0, 0.05) is 18.2 Å². The fraction of sp³-hybridized carbons (Fsp3) is 0.600. The Hall–Kier alpha value is -1.12. The smallest absolute Gasteiger partial charge is 0.183 e. The number of hydrogen-bond donors (Lipinski definition) is 0. The van der Waals surface area contributed by atoms with Crippen LogP contribution in [0, 0.1) is 0 Å². The Balaban J connectivity index is 2.47. The highest BCUT2D eigenvalue weighted by Crippen LogP contribution is 2.22. The quantitative estimate of drug-likeness (QED) is 0.659. The molecule has 0 atom stereocenters. The van der Waals surface area contributed by atoms with E-state index in [9.17, 15) is 4.79 Å². The first kappa shape index (κ1) is 8.48. The predicted molar refractivity (Wildman–Crippen MR) is 49.9 cm³/mol. The fourth-order valence-corrected chi connectivity index (χ4v) is 1.85. The van der Waals surface area contributed by atoms with Gasteiger partial charge in [-0.2, -0.15) is 0 Å². The SMILES string of the molecule is CC(C)n1cnc2c1CCCC2=O. The average molecular weight is 178 g/mol. The van der Waals surface area contributed by atoms with E-state index in [1.54, 1.807) is 6.33 Å². The van der Waals surface area contributed by atoms with Crippen molar-refractivity contribution in [3.05, 3.63) is 17.7 Å². The summed E-state index contributed by atoms with van der Waals surface area (Å²) in [4.78, 5) is 15.6. The zero-order chi connectivity index (χ0) is 9.42. The lowest BCUT2D eigenvalue weighted by Crippen LogP contribution is -2.14. The molecule has 2 rings (SSSR count).